The lowest BCUT2D eigenvalue weighted by molar-refractivity contribution is -0.144. The molecule has 1 saturated carbocycles. The molecule has 0 bridgehead atoms. The van der Waals surface area contributed by atoms with Gasteiger partial charge in [0.1, 0.15) is 5.54 Å². The van der Waals surface area contributed by atoms with Gasteiger partial charge in [0.15, 0.2) is 0 Å². The molecule has 1 amide bonds. The van der Waals surface area contributed by atoms with Crippen LogP contribution in [0.5, 0.6) is 0 Å². The molecule has 0 aromatic heterocycles. The normalized spacial score (nSPS) is 15.9. The summed E-state index contributed by atoms with van der Waals surface area (Å²) in [6.45, 7) is 1.86. The quantitative estimate of drug-likeness (QED) is 0.853. The van der Waals surface area contributed by atoms with Crippen molar-refractivity contribution in [2.75, 3.05) is 7.11 Å². The molecule has 2 rings (SSSR count). The number of halogens is 1. The lowest BCUT2D eigenvalue weighted by Gasteiger charge is -2.15. The van der Waals surface area contributed by atoms with Gasteiger partial charge in [-0.3, -0.25) is 4.79 Å². The topological polar surface area (TPSA) is 55.4 Å². The molecule has 0 aliphatic heterocycles. The zero-order valence-electron chi connectivity index (χ0n) is 10.2. The van der Waals surface area contributed by atoms with Crippen LogP contribution in [-0.4, -0.2) is 24.5 Å². The van der Waals surface area contributed by atoms with Gasteiger partial charge in [0.25, 0.3) is 5.91 Å². The van der Waals surface area contributed by atoms with Crippen molar-refractivity contribution >= 4 is 23.5 Å². The molecule has 0 atom stereocenters. The van der Waals surface area contributed by atoms with Crippen LogP contribution in [0.3, 0.4) is 0 Å². The minimum absolute atomic E-state index is 0.302. The zero-order chi connectivity index (χ0) is 13.3. The van der Waals surface area contributed by atoms with Gasteiger partial charge < -0.3 is 10.1 Å². The van der Waals surface area contributed by atoms with Gasteiger partial charge in [0, 0.05) is 10.6 Å². The van der Waals surface area contributed by atoms with Crippen molar-refractivity contribution < 1.29 is 14.3 Å². The maximum Gasteiger partial charge on any atom is 0.331 e. The molecule has 0 heterocycles. The monoisotopic (exact) mass is 267 g/mol. The van der Waals surface area contributed by atoms with Gasteiger partial charge in [-0.2, -0.15) is 0 Å². The van der Waals surface area contributed by atoms with Crippen molar-refractivity contribution in [2.24, 2.45) is 0 Å². The summed E-state index contributed by atoms with van der Waals surface area (Å²) in [5.41, 5.74) is 0.521. The van der Waals surface area contributed by atoms with Crippen LogP contribution in [0.1, 0.15) is 28.8 Å². The number of ether oxygens (including phenoxy) is 1. The van der Waals surface area contributed by atoms with Gasteiger partial charge in [0.05, 0.1) is 7.11 Å². The van der Waals surface area contributed by atoms with Crippen molar-refractivity contribution in [2.45, 2.75) is 25.3 Å². The Hall–Kier alpha value is -1.55. The number of methoxy groups -OCH3 is 1. The highest BCUT2D eigenvalue weighted by molar-refractivity contribution is 6.31. The number of rotatable bonds is 3. The highest BCUT2D eigenvalue weighted by Crippen LogP contribution is 2.36. The highest BCUT2D eigenvalue weighted by Gasteiger charge is 2.52. The van der Waals surface area contributed by atoms with E-state index in [0.717, 1.165) is 5.56 Å². The van der Waals surface area contributed by atoms with Crippen LogP contribution in [0.2, 0.25) is 5.02 Å². The van der Waals surface area contributed by atoms with Crippen molar-refractivity contribution in [3.63, 3.8) is 0 Å². The van der Waals surface area contributed by atoms with Crippen LogP contribution in [0.15, 0.2) is 18.2 Å². The number of hydrogen-bond acceptors (Lipinski definition) is 3. The van der Waals surface area contributed by atoms with Crippen LogP contribution in [0.4, 0.5) is 0 Å². The average molecular weight is 268 g/mol. The number of aryl methyl sites for hydroxylation is 1. The van der Waals surface area contributed by atoms with E-state index in [0.29, 0.717) is 23.4 Å². The van der Waals surface area contributed by atoms with Gasteiger partial charge in [-0.15, -0.1) is 0 Å². The SMILES string of the molecule is COC(=O)C1(NC(=O)c2cc(C)cc(Cl)c2)CC1. The summed E-state index contributed by atoms with van der Waals surface area (Å²) in [4.78, 5) is 23.6. The summed E-state index contributed by atoms with van der Waals surface area (Å²) >= 11 is 5.90. The van der Waals surface area contributed by atoms with E-state index in [1.54, 1.807) is 18.2 Å². The largest absolute Gasteiger partial charge is 0.467 e. The van der Waals surface area contributed by atoms with Crippen LogP contribution < -0.4 is 5.32 Å². The molecule has 18 heavy (non-hydrogen) atoms. The summed E-state index contributed by atoms with van der Waals surface area (Å²) in [5, 5.41) is 3.22. The first-order valence-corrected chi connectivity index (χ1v) is 6.03. The average Bonchev–Trinajstić information content (AvgIpc) is 3.07. The molecule has 5 heteroatoms. The first-order chi connectivity index (χ1) is 8.47. The highest BCUT2D eigenvalue weighted by atomic mass is 35.5. The van der Waals surface area contributed by atoms with Crippen molar-refractivity contribution in [1.82, 2.24) is 5.32 Å². The number of benzene rings is 1. The summed E-state index contributed by atoms with van der Waals surface area (Å²) in [6.07, 6.45) is 1.23. The second kappa shape index (κ2) is 4.61. The smallest absolute Gasteiger partial charge is 0.331 e. The first kappa shape index (κ1) is 12.9. The molecule has 0 spiro atoms. The molecule has 0 radical (unpaired) electrons. The number of amides is 1. The van der Waals surface area contributed by atoms with Crippen LogP contribution in [0, 0.1) is 6.92 Å². The number of carbonyl (C=O) groups is 2. The molecule has 0 saturated heterocycles. The summed E-state index contributed by atoms with van der Waals surface area (Å²) < 4.78 is 4.68. The van der Waals surface area contributed by atoms with Crippen LogP contribution in [-0.2, 0) is 9.53 Å². The fourth-order valence-electron chi connectivity index (χ4n) is 1.86. The predicted molar refractivity (Wildman–Crippen MR) is 67.6 cm³/mol. The lowest BCUT2D eigenvalue weighted by atomic mass is 10.1. The molecule has 4 nitrogen and oxygen atoms in total. The third-order valence-corrected chi connectivity index (χ3v) is 3.20. The Kier molecular flexibility index (Phi) is 3.30. The van der Waals surface area contributed by atoms with Gasteiger partial charge in [-0.05, 0) is 43.5 Å². The van der Waals surface area contributed by atoms with Crippen LogP contribution in [0.25, 0.3) is 0 Å². The van der Waals surface area contributed by atoms with Gasteiger partial charge in [-0.25, -0.2) is 4.79 Å². The van der Waals surface area contributed by atoms with E-state index in [-0.39, 0.29) is 5.91 Å². The number of hydrogen-bond donors (Lipinski definition) is 1. The Labute approximate surface area is 110 Å². The molecular formula is C13H14ClNO3. The Morgan fingerprint density at radius 1 is 1.33 bits per heavy atom. The summed E-state index contributed by atoms with van der Waals surface area (Å²) in [5.74, 6) is -0.696. The van der Waals surface area contributed by atoms with Crippen molar-refractivity contribution in [3.05, 3.63) is 34.3 Å². The first-order valence-electron chi connectivity index (χ1n) is 5.65. The Morgan fingerprint density at radius 2 is 2.00 bits per heavy atom. The maximum atomic E-state index is 12.0. The number of nitrogens with one attached hydrogen (secondary N) is 1. The summed E-state index contributed by atoms with van der Waals surface area (Å²) in [6, 6.07) is 5.08. The molecule has 1 aliphatic carbocycles. The number of esters is 1. The molecule has 96 valence electrons. The van der Waals surface area contributed by atoms with Crippen LogP contribution >= 0.6 is 11.6 Å². The fourth-order valence-corrected chi connectivity index (χ4v) is 2.15. The molecule has 1 N–H and O–H groups in total. The molecular weight excluding hydrogens is 254 g/mol. The molecule has 1 fully saturated rings. The summed E-state index contributed by atoms with van der Waals surface area (Å²) in [7, 11) is 1.32. The second-order valence-electron chi connectivity index (χ2n) is 4.55. The van der Waals surface area contributed by atoms with E-state index in [1.807, 2.05) is 6.92 Å². The molecule has 1 aromatic carbocycles. The van der Waals surface area contributed by atoms with Crippen molar-refractivity contribution in [1.29, 1.82) is 0 Å². The fraction of sp³-hybridized carbons (Fsp3) is 0.385. The molecule has 1 aliphatic rings. The molecule has 0 unspecified atom stereocenters. The van der Waals surface area contributed by atoms with E-state index in [9.17, 15) is 9.59 Å². The Balaban J connectivity index is 2.15. The van der Waals surface area contributed by atoms with Gasteiger partial charge >= 0.3 is 5.97 Å². The predicted octanol–water partition coefficient (Wildman–Crippen LogP) is 2.08. The zero-order valence-corrected chi connectivity index (χ0v) is 11.0. The van der Waals surface area contributed by atoms with E-state index in [1.165, 1.54) is 7.11 Å². The van der Waals surface area contributed by atoms with Gasteiger partial charge in [0.2, 0.25) is 0 Å². The lowest BCUT2D eigenvalue weighted by Crippen LogP contribution is -2.43. The number of carbonyl (C=O) groups excluding carboxylic acids is 2. The Morgan fingerprint density at radius 3 is 2.50 bits per heavy atom. The van der Waals surface area contributed by atoms with E-state index < -0.39 is 11.5 Å². The van der Waals surface area contributed by atoms with E-state index in [2.05, 4.69) is 10.1 Å². The molecule has 1 aromatic rings. The third kappa shape index (κ3) is 2.48. The van der Waals surface area contributed by atoms with E-state index in [4.69, 9.17) is 11.6 Å². The van der Waals surface area contributed by atoms with E-state index >= 15 is 0 Å². The minimum atomic E-state index is -0.831. The third-order valence-electron chi connectivity index (χ3n) is 2.98. The van der Waals surface area contributed by atoms with Gasteiger partial charge in [-0.1, -0.05) is 11.6 Å². The standard InChI is InChI=1S/C13H14ClNO3/c1-8-5-9(7-10(14)6-8)11(16)15-13(3-4-13)12(17)18-2/h5-7H,3-4H2,1-2H3,(H,15,16). The maximum absolute atomic E-state index is 12.0. The second-order valence-corrected chi connectivity index (χ2v) is 4.98. The Bertz CT molecular complexity index is 489. The van der Waals surface area contributed by atoms with Crippen molar-refractivity contribution in [3.8, 4) is 0 Å². The minimum Gasteiger partial charge on any atom is -0.467 e.